The highest BCUT2D eigenvalue weighted by Crippen LogP contribution is 2.30. The van der Waals surface area contributed by atoms with Crippen molar-refractivity contribution in [3.63, 3.8) is 0 Å². The molecule has 0 heterocycles. The molecule has 0 bridgehead atoms. The van der Waals surface area contributed by atoms with Gasteiger partial charge in [-0.25, -0.2) is 0 Å². The van der Waals surface area contributed by atoms with E-state index in [9.17, 15) is 0 Å². The minimum atomic E-state index is 0.581. The lowest BCUT2D eigenvalue weighted by molar-refractivity contribution is 0.481. The monoisotopic (exact) mass is 214 g/mol. The van der Waals surface area contributed by atoms with Crippen molar-refractivity contribution < 1.29 is 4.74 Å². The zero-order valence-electron chi connectivity index (χ0n) is 9.10. The maximum absolute atomic E-state index is 5.81. The van der Waals surface area contributed by atoms with Crippen LogP contribution < -0.4 is 16.2 Å². The van der Waals surface area contributed by atoms with Crippen LogP contribution in [0.5, 0.6) is 11.5 Å². The number of para-hydroxylation sites is 1. The smallest absolute Gasteiger partial charge is 0.152 e. The minimum absolute atomic E-state index is 0.581. The predicted octanol–water partition coefficient (Wildman–Crippen LogP) is 2.95. The molecule has 3 heteroatoms. The molecule has 82 valence electrons. The van der Waals surface area contributed by atoms with Gasteiger partial charge in [0.25, 0.3) is 0 Å². The van der Waals surface area contributed by atoms with Crippen molar-refractivity contribution in [3.05, 3.63) is 48.0 Å². The number of anilines is 2. The second-order valence-electron chi connectivity index (χ2n) is 3.66. The summed E-state index contributed by atoms with van der Waals surface area (Å²) in [6.45, 7) is 1.98. The van der Waals surface area contributed by atoms with E-state index in [1.165, 1.54) is 0 Å². The van der Waals surface area contributed by atoms with Crippen molar-refractivity contribution in [2.45, 2.75) is 6.92 Å². The fourth-order valence-electron chi connectivity index (χ4n) is 1.43. The summed E-state index contributed by atoms with van der Waals surface area (Å²) < 4.78 is 5.72. The van der Waals surface area contributed by atoms with E-state index in [-0.39, 0.29) is 0 Å². The molecule has 2 rings (SSSR count). The van der Waals surface area contributed by atoms with Gasteiger partial charge in [-0.3, -0.25) is 0 Å². The van der Waals surface area contributed by atoms with Crippen LogP contribution >= 0.6 is 0 Å². The zero-order valence-corrected chi connectivity index (χ0v) is 9.10. The highest BCUT2D eigenvalue weighted by atomic mass is 16.5. The lowest BCUT2D eigenvalue weighted by Gasteiger charge is -2.10. The van der Waals surface area contributed by atoms with Crippen LogP contribution in [0.25, 0.3) is 0 Å². The number of nitrogens with two attached hydrogens (primary N) is 2. The van der Waals surface area contributed by atoms with Crippen molar-refractivity contribution in [1.29, 1.82) is 0 Å². The van der Waals surface area contributed by atoms with E-state index in [4.69, 9.17) is 16.2 Å². The topological polar surface area (TPSA) is 61.3 Å². The number of ether oxygens (including phenoxy) is 1. The van der Waals surface area contributed by atoms with Crippen molar-refractivity contribution >= 4 is 11.4 Å². The van der Waals surface area contributed by atoms with E-state index in [1.807, 2.05) is 31.2 Å². The summed E-state index contributed by atoms with van der Waals surface area (Å²) in [6.07, 6.45) is 0. The quantitative estimate of drug-likeness (QED) is 0.755. The van der Waals surface area contributed by atoms with Crippen molar-refractivity contribution in [3.8, 4) is 11.5 Å². The summed E-state index contributed by atoms with van der Waals surface area (Å²) in [7, 11) is 0. The van der Waals surface area contributed by atoms with E-state index in [2.05, 4.69) is 0 Å². The van der Waals surface area contributed by atoms with Gasteiger partial charge in [-0.15, -0.1) is 0 Å². The third-order valence-electron chi connectivity index (χ3n) is 2.35. The Kier molecular flexibility index (Phi) is 2.68. The summed E-state index contributed by atoms with van der Waals surface area (Å²) in [4.78, 5) is 0. The van der Waals surface area contributed by atoms with E-state index in [1.54, 1.807) is 18.2 Å². The Morgan fingerprint density at radius 3 is 2.44 bits per heavy atom. The second kappa shape index (κ2) is 4.14. The lowest BCUT2D eigenvalue weighted by atomic mass is 10.2. The summed E-state index contributed by atoms with van der Waals surface area (Å²) >= 11 is 0. The first-order valence-electron chi connectivity index (χ1n) is 5.05. The normalized spacial score (nSPS) is 10.1. The van der Waals surface area contributed by atoms with Crippen LogP contribution in [-0.2, 0) is 0 Å². The average Bonchev–Trinajstić information content (AvgIpc) is 2.27. The van der Waals surface area contributed by atoms with E-state index in [0.29, 0.717) is 17.1 Å². The van der Waals surface area contributed by atoms with Crippen LogP contribution in [0.15, 0.2) is 42.5 Å². The number of aryl methyl sites for hydroxylation is 1. The Morgan fingerprint density at radius 1 is 0.938 bits per heavy atom. The molecule has 0 aliphatic rings. The van der Waals surface area contributed by atoms with Gasteiger partial charge in [0.15, 0.2) is 5.75 Å². The van der Waals surface area contributed by atoms with Gasteiger partial charge >= 0.3 is 0 Å². The fraction of sp³-hybridized carbons (Fsp3) is 0.0769. The van der Waals surface area contributed by atoms with E-state index in [0.717, 1.165) is 11.3 Å². The maximum Gasteiger partial charge on any atom is 0.152 e. The zero-order chi connectivity index (χ0) is 11.5. The highest BCUT2D eigenvalue weighted by Gasteiger charge is 2.04. The molecular weight excluding hydrogens is 200 g/mol. The molecule has 16 heavy (non-hydrogen) atoms. The molecule has 4 N–H and O–H groups in total. The number of nitrogen functional groups attached to an aromatic ring is 2. The van der Waals surface area contributed by atoms with Crippen molar-refractivity contribution in [2.75, 3.05) is 11.5 Å². The molecule has 0 spiro atoms. The Balaban J connectivity index is 2.34. The standard InChI is InChI=1S/C13H14N2O/c1-9-4-2-3-5-12(9)16-13-8-10(14)6-7-11(13)15/h2-8H,14-15H2,1H3. The fourth-order valence-corrected chi connectivity index (χ4v) is 1.43. The summed E-state index contributed by atoms with van der Waals surface area (Å²) in [5, 5.41) is 0. The largest absolute Gasteiger partial charge is 0.455 e. The van der Waals surface area contributed by atoms with Gasteiger partial charge in [0.05, 0.1) is 5.69 Å². The van der Waals surface area contributed by atoms with E-state index >= 15 is 0 Å². The van der Waals surface area contributed by atoms with Crippen molar-refractivity contribution in [2.24, 2.45) is 0 Å². The van der Waals surface area contributed by atoms with Crippen LogP contribution in [0.1, 0.15) is 5.56 Å². The molecular formula is C13H14N2O. The van der Waals surface area contributed by atoms with Gasteiger partial charge in [-0.1, -0.05) is 18.2 Å². The van der Waals surface area contributed by atoms with Crippen LogP contribution in [-0.4, -0.2) is 0 Å². The summed E-state index contributed by atoms with van der Waals surface area (Å²) in [6, 6.07) is 13.0. The summed E-state index contributed by atoms with van der Waals surface area (Å²) in [5.41, 5.74) is 13.8. The second-order valence-corrected chi connectivity index (χ2v) is 3.66. The lowest BCUT2D eigenvalue weighted by Crippen LogP contribution is -1.95. The Bertz CT molecular complexity index is 509. The third kappa shape index (κ3) is 2.08. The average molecular weight is 214 g/mol. The molecule has 3 nitrogen and oxygen atoms in total. The third-order valence-corrected chi connectivity index (χ3v) is 2.35. The Labute approximate surface area is 94.6 Å². The Morgan fingerprint density at radius 2 is 1.69 bits per heavy atom. The number of benzene rings is 2. The molecule has 0 radical (unpaired) electrons. The van der Waals surface area contributed by atoms with Crippen LogP contribution in [0.2, 0.25) is 0 Å². The molecule has 2 aromatic carbocycles. The maximum atomic E-state index is 5.81. The molecule has 0 aliphatic carbocycles. The number of hydrogen-bond acceptors (Lipinski definition) is 3. The molecule has 0 unspecified atom stereocenters. The number of hydrogen-bond donors (Lipinski definition) is 2. The van der Waals surface area contributed by atoms with Crippen LogP contribution in [0, 0.1) is 6.92 Å². The highest BCUT2D eigenvalue weighted by molar-refractivity contribution is 5.61. The first kappa shape index (κ1) is 10.4. The van der Waals surface area contributed by atoms with Gasteiger partial charge in [0.2, 0.25) is 0 Å². The van der Waals surface area contributed by atoms with Gasteiger partial charge in [0.1, 0.15) is 5.75 Å². The first-order chi connectivity index (χ1) is 7.66. The van der Waals surface area contributed by atoms with Gasteiger partial charge < -0.3 is 16.2 Å². The van der Waals surface area contributed by atoms with Crippen LogP contribution in [0.4, 0.5) is 11.4 Å². The predicted molar refractivity (Wildman–Crippen MR) is 66.5 cm³/mol. The number of rotatable bonds is 2. The van der Waals surface area contributed by atoms with Crippen molar-refractivity contribution in [1.82, 2.24) is 0 Å². The molecule has 2 aromatic rings. The van der Waals surface area contributed by atoms with Gasteiger partial charge in [-0.05, 0) is 30.7 Å². The molecule has 0 amide bonds. The molecule has 0 atom stereocenters. The molecule has 0 saturated carbocycles. The minimum Gasteiger partial charge on any atom is -0.455 e. The van der Waals surface area contributed by atoms with Gasteiger partial charge in [-0.2, -0.15) is 0 Å². The summed E-state index contributed by atoms with van der Waals surface area (Å²) in [5.74, 6) is 1.38. The molecule has 0 fully saturated rings. The van der Waals surface area contributed by atoms with Gasteiger partial charge in [0, 0.05) is 11.8 Å². The Hall–Kier alpha value is -2.16. The first-order valence-corrected chi connectivity index (χ1v) is 5.05. The van der Waals surface area contributed by atoms with E-state index < -0.39 is 0 Å². The SMILES string of the molecule is Cc1ccccc1Oc1cc(N)ccc1N. The molecule has 0 saturated heterocycles. The molecule has 0 aromatic heterocycles. The molecule has 0 aliphatic heterocycles. The van der Waals surface area contributed by atoms with Crippen LogP contribution in [0.3, 0.4) is 0 Å².